The van der Waals surface area contributed by atoms with Crippen molar-refractivity contribution in [3.63, 3.8) is 0 Å². The van der Waals surface area contributed by atoms with Crippen LogP contribution in [0.25, 0.3) is 0 Å². The molecule has 0 aliphatic heterocycles. The second-order valence-electron chi connectivity index (χ2n) is 4.40. The standard InChI is InChI=1S/C13H13N3O3/c1-9-3-4-11(10(2)5-9)12(17)6-15-7-13(14-8-15)16(18)19/h3-5,7-8H,6H2,1-2H3. The lowest BCUT2D eigenvalue weighted by Gasteiger charge is -2.05. The molecule has 1 aromatic carbocycles. The van der Waals surface area contributed by atoms with E-state index in [4.69, 9.17) is 0 Å². The fourth-order valence-corrected chi connectivity index (χ4v) is 1.91. The molecule has 2 aromatic rings. The van der Waals surface area contributed by atoms with E-state index >= 15 is 0 Å². The molecule has 0 spiro atoms. The van der Waals surface area contributed by atoms with Crippen LogP contribution in [0.3, 0.4) is 0 Å². The molecule has 0 amide bonds. The van der Waals surface area contributed by atoms with Gasteiger partial charge in [-0.1, -0.05) is 23.8 Å². The van der Waals surface area contributed by atoms with Crippen LogP contribution < -0.4 is 0 Å². The highest BCUT2D eigenvalue weighted by atomic mass is 16.6. The summed E-state index contributed by atoms with van der Waals surface area (Å²) in [6.45, 7) is 3.88. The number of hydrogen-bond donors (Lipinski definition) is 0. The Hall–Kier alpha value is -2.50. The Morgan fingerprint density at radius 1 is 1.42 bits per heavy atom. The van der Waals surface area contributed by atoms with Crippen LogP contribution in [0.2, 0.25) is 0 Å². The van der Waals surface area contributed by atoms with Gasteiger partial charge < -0.3 is 14.7 Å². The average Bonchev–Trinajstić information content (AvgIpc) is 2.77. The van der Waals surface area contributed by atoms with E-state index in [9.17, 15) is 14.9 Å². The lowest BCUT2D eigenvalue weighted by atomic mass is 10.0. The Balaban J connectivity index is 2.18. The number of aromatic nitrogens is 2. The highest BCUT2D eigenvalue weighted by Crippen LogP contribution is 2.13. The van der Waals surface area contributed by atoms with E-state index in [1.54, 1.807) is 6.07 Å². The predicted molar refractivity (Wildman–Crippen MR) is 69.1 cm³/mol. The first kappa shape index (κ1) is 12.9. The fraction of sp³-hybridized carbons (Fsp3) is 0.231. The van der Waals surface area contributed by atoms with Crippen molar-refractivity contribution in [2.24, 2.45) is 0 Å². The number of carbonyl (C=O) groups is 1. The van der Waals surface area contributed by atoms with E-state index in [0.717, 1.165) is 11.1 Å². The van der Waals surface area contributed by atoms with Crippen LogP contribution >= 0.6 is 0 Å². The maximum Gasteiger partial charge on any atom is 0.381 e. The number of Topliss-reactive ketones (excluding diaryl/α,β-unsaturated/α-hetero) is 1. The van der Waals surface area contributed by atoms with Crippen LogP contribution in [-0.4, -0.2) is 20.3 Å². The molecule has 0 saturated heterocycles. The minimum absolute atomic E-state index is 0.0464. The van der Waals surface area contributed by atoms with Crippen LogP contribution in [0.1, 0.15) is 21.5 Å². The molecule has 0 aliphatic rings. The maximum absolute atomic E-state index is 12.1. The number of benzene rings is 1. The molecule has 2 rings (SSSR count). The van der Waals surface area contributed by atoms with Gasteiger partial charge in [0, 0.05) is 5.56 Å². The SMILES string of the molecule is Cc1ccc(C(=O)Cn2cnc([N+](=O)[O-])c2)c(C)c1. The Bertz CT molecular complexity index is 646. The van der Waals surface area contributed by atoms with Gasteiger partial charge in [0.25, 0.3) is 0 Å². The van der Waals surface area contributed by atoms with Gasteiger partial charge in [-0.25, -0.2) is 0 Å². The van der Waals surface area contributed by atoms with Crippen LogP contribution in [0, 0.1) is 24.0 Å². The first-order valence-electron chi connectivity index (χ1n) is 5.74. The minimum Gasteiger partial charge on any atom is -0.358 e. The first-order valence-corrected chi connectivity index (χ1v) is 5.74. The average molecular weight is 259 g/mol. The molecule has 98 valence electrons. The van der Waals surface area contributed by atoms with Crippen molar-refractivity contribution < 1.29 is 9.72 Å². The van der Waals surface area contributed by atoms with Crippen molar-refractivity contribution in [1.29, 1.82) is 0 Å². The van der Waals surface area contributed by atoms with Gasteiger partial charge in [-0.15, -0.1) is 0 Å². The van der Waals surface area contributed by atoms with Crippen molar-refractivity contribution in [2.45, 2.75) is 20.4 Å². The van der Waals surface area contributed by atoms with Crippen LogP contribution in [-0.2, 0) is 6.54 Å². The van der Waals surface area contributed by atoms with E-state index in [0.29, 0.717) is 5.56 Å². The maximum atomic E-state index is 12.1. The van der Waals surface area contributed by atoms with Crippen LogP contribution in [0.15, 0.2) is 30.7 Å². The van der Waals surface area contributed by atoms with Crippen LogP contribution in [0.5, 0.6) is 0 Å². The number of nitro groups is 1. The molecule has 6 nitrogen and oxygen atoms in total. The number of ketones is 1. The quantitative estimate of drug-likeness (QED) is 0.479. The van der Waals surface area contributed by atoms with Gasteiger partial charge in [0.2, 0.25) is 6.33 Å². The molecule has 0 aliphatic carbocycles. The molecule has 0 bridgehead atoms. The Morgan fingerprint density at radius 3 is 2.74 bits per heavy atom. The molecule has 6 heteroatoms. The van der Waals surface area contributed by atoms with Crippen molar-refractivity contribution in [2.75, 3.05) is 0 Å². The molecule has 1 heterocycles. The molecule has 0 unspecified atom stereocenters. The summed E-state index contributed by atoms with van der Waals surface area (Å²) in [6.07, 6.45) is 2.54. The molecule has 19 heavy (non-hydrogen) atoms. The van der Waals surface area contributed by atoms with Gasteiger partial charge in [0.05, 0.1) is 6.54 Å². The van der Waals surface area contributed by atoms with Crippen molar-refractivity contribution in [1.82, 2.24) is 9.55 Å². The van der Waals surface area contributed by atoms with Crippen molar-refractivity contribution >= 4 is 11.6 Å². The van der Waals surface area contributed by atoms with Crippen molar-refractivity contribution in [3.8, 4) is 0 Å². The molecular formula is C13H13N3O3. The molecular weight excluding hydrogens is 246 g/mol. The van der Waals surface area contributed by atoms with E-state index in [-0.39, 0.29) is 18.1 Å². The second-order valence-corrected chi connectivity index (χ2v) is 4.40. The number of nitrogens with zero attached hydrogens (tertiary/aromatic N) is 3. The summed E-state index contributed by atoms with van der Waals surface area (Å²) in [5.74, 6) is -0.349. The van der Waals surface area contributed by atoms with Gasteiger partial charge in [0.15, 0.2) is 5.78 Å². The highest BCUT2D eigenvalue weighted by Gasteiger charge is 2.14. The summed E-state index contributed by atoms with van der Waals surface area (Å²) < 4.78 is 1.42. The summed E-state index contributed by atoms with van der Waals surface area (Å²) in [5.41, 5.74) is 2.62. The fourth-order valence-electron chi connectivity index (χ4n) is 1.91. The lowest BCUT2D eigenvalue weighted by Crippen LogP contribution is -2.10. The Labute approximate surface area is 109 Å². The topological polar surface area (TPSA) is 78.0 Å². The molecule has 0 atom stereocenters. The van der Waals surface area contributed by atoms with Gasteiger partial charge in [-0.05, 0) is 29.3 Å². The minimum atomic E-state index is -0.585. The van der Waals surface area contributed by atoms with Gasteiger partial charge in [-0.2, -0.15) is 0 Å². The van der Waals surface area contributed by atoms with E-state index in [1.165, 1.54) is 17.1 Å². The third kappa shape index (κ3) is 2.85. The van der Waals surface area contributed by atoms with Crippen LogP contribution in [0.4, 0.5) is 5.82 Å². The number of aryl methyl sites for hydroxylation is 2. The second kappa shape index (κ2) is 5.01. The monoisotopic (exact) mass is 259 g/mol. The first-order chi connectivity index (χ1) is 8.97. The number of carbonyl (C=O) groups excluding carboxylic acids is 1. The normalized spacial score (nSPS) is 10.4. The highest BCUT2D eigenvalue weighted by molar-refractivity contribution is 5.97. The van der Waals surface area contributed by atoms with Gasteiger partial charge >= 0.3 is 5.82 Å². The lowest BCUT2D eigenvalue weighted by molar-refractivity contribution is -0.389. The summed E-state index contributed by atoms with van der Waals surface area (Å²) in [6, 6.07) is 5.58. The third-order valence-electron chi connectivity index (χ3n) is 2.82. The van der Waals surface area contributed by atoms with E-state index in [2.05, 4.69) is 4.98 Å². The zero-order chi connectivity index (χ0) is 14.0. The summed E-state index contributed by atoms with van der Waals surface area (Å²) in [7, 11) is 0. The van der Waals surface area contributed by atoms with Gasteiger partial charge in [-0.3, -0.25) is 4.79 Å². The van der Waals surface area contributed by atoms with E-state index in [1.807, 2.05) is 26.0 Å². The largest absolute Gasteiger partial charge is 0.381 e. The molecule has 0 radical (unpaired) electrons. The summed E-state index contributed by atoms with van der Waals surface area (Å²) >= 11 is 0. The summed E-state index contributed by atoms with van der Waals surface area (Å²) in [4.78, 5) is 25.6. The smallest absolute Gasteiger partial charge is 0.358 e. The third-order valence-corrected chi connectivity index (χ3v) is 2.82. The zero-order valence-electron chi connectivity index (χ0n) is 10.7. The zero-order valence-corrected chi connectivity index (χ0v) is 10.7. The van der Waals surface area contributed by atoms with Crippen molar-refractivity contribution in [3.05, 3.63) is 57.5 Å². The molecule has 0 saturated carbocycles. The predicted octanol–water partition coefficient (Wildman–Crippen LogP) is 2.29. The van der Waals surface area contributed by atoms with E-state index < -0.39 is 4.92 Å². The summed E-state index contributed by atoms with van der Waals surface area (Å²) in [5, 5.41) is 10.5. The number of imidazole rings is 1. The molecule has 1 aromatic heterocycles. The van der Waals surface area contributed by atoms with Gasteiger partial charge in [0.1, 0.15) is 6.20 Å². The molecule has 0 N–H and O–H groups in total. The number of hydrogen-bond acceptors (Lipinski definition) is 4. The Morgan fingerprint density at radius 2 is 2.16 bits per heavy atom. The molecule has 0 fully saturated rings. The Kier molecular flexibility index (Phi) is 3.41. The number of rotatable bonds is 4.